The molecule has 0 amide bonds. The monoisotopic (exact) mass is 343 g/mol. The average molecular weight is 343 g/mol. The van der Waals surface area contributed by atoms with Crippen molar-refractivity contribution in [2.45, 2.75) is 32.2 Å². The van der Waals surface area contributed by atoms with Crippen molar-refractivity contribution < 1.29 is 4.74 Å². The number of benzene rings is 1. The van der Waals surface area contributed by atoms with E-state index in [9.17, 15) is 0 Å². The summed E-state index contributed by atoms with van der Waals surface area (Å²) in [6.07, 6.45) is 2.79. The van der Waals surface area contributed by atoms with E-state index in [1.165, 1.54) is 5.56 Å². The molecular weight excluding hydrogens is 314 g/mol. The van der Waals surface area contributed by atoms with Crippen molar-refractivity contribution >= 4 is 0 Å². The van der Waals surface area contributed by atoms with E-state index >= 15 is 0 Å². The minimum atomic E-state index is 0.581. The van der Waals surface area contributed by atoms with Gasteiger partial charge >= 0.3 is 0 Å². The minimum absolute atomic E-state index is 0.581. The SMILES string of the molecule is COc1ccc(Cc2nc(CCC(C)N3CCN(C)CC3)n[nH]2)cc1. The topological polar surface area (TPSA) is 57.3 Å². The summed E-state index contributed by atoms with van der Waals surface area (Å²) in [5, 5.41) is 7.47. The molecule has 1 aromatic heterocycles. The van der Waals surface area contributed by atoms with Gasteiger partial charge in [0.2, 0.25) is 0 Å². The number of aromatic nitrogens is 3. The highest BCUT2D eigenvalue weighted by Gasteiger charge is 2.19. The number of aryl methyl sites for hydroxylation is 1. The molecule has 2 aromatic rings. The van der Waals surface area contributed by atoms with Crippen LogP contribution in [0.5, 0.6) is 5.75 Å². The van der Waals surface area contributed by atoms with Crippen LogP contribution in [0.25, 0.3) is 0 Å². The number of rotatable bonds is 7. The van der Waals surface area contributed by atoms with E-state index in [0.29, 0.717) is 6.04 Å². The maximum absolute atomic E-state index is 5.19. The molecule has 6 heteroatoms. The molecule has 2 heterocycles. The number of nitrogens with zero attached hydrogens (tertiary/aromatic N) is 4. The van der Waals surface area contributed by atoms with Crippen LogP contribution in [0.15, 0.2) is 24.3 Å². The Kier molecular flexibility index (Phi) is 6.04. The number of aromatic amines is 1. The highest BCUT2D eigenvalue weighted by molar-refractivity contribution is 5.28. The van der Waals surface area contributed by atoms with Crippen LogP contribution in [0.2, 0.25) is 0 Å². The molecule has 1 fully saturated rings. The number of ether oxygens (including phenoxy) is 1. The number of piperazine rings is 1. The first-order valence-electron chi connectivity index (χ1n) is 9.09. The molecule has 136 valence electrons. The van der Waals surface area contributed by atoms with Gasteiger partial charge in [-0.3, -0.25) is 10.00 Å². The maximum atomic E-state index is 5.19. The van der Waals surface area contributed by atoms with E-state index < -0.39 is 0 Å². The van der Waals surface area contributed by atoms with Gasteiger partial charge in [0.05, 0.1) is 7.11 Å². The quantitative estimate of drug-likeness (QED) is 0.833. The fourth-order valence-corrected chi connectivity index (χ4v) is 3.25. The lowest BCUT2D eigenvalue weighted by atomic mass is 10.1. The standard InChI is InChI=1S/C19H29N5O/c1-15(24-12-10-23(2)11-13-24)4-9-18-20-19(22-21-18)14-16-5-7-17(25-3)8-6-16/h5-8,15H,4,9-14H2,1-3H3,(H,20,21,22). The second-order valence-corrected chi connectivity index (χ2v) is 6.95. The zero-order chi connectivity index (χ0) is 17.6. The number of H-pyrrole nitrogens is 1. The van der Waals surface area contributed by atoms with Crippen LogP contribution in [0.4, 0.5) is 0 Å². The summed E-state index contributed by atoms with van der Waals surface area (Å²) in [6, 6.07) is 8.67. The Balaban J connectivity index is 1.47. The molecule has 1 aromatic carbocycles. The molecule has 0 aliphatic carbocycles. The molecule has 1 N–H and O–H groups in total. The molecular formula is C19H29N5O. The molecule has 25 heavy (non-hydrogen) atoms. The van der Waals surface area contributed by atoms with E-state index in [1.807, 2.05) is 12.1 Å². The summed E-state index contributed by atoms with van der Waals surface area (Å²) in [5.41, 5.74) is 1.20. The Bertz CT molecular complexity index is 646. The Hall–Kier alpha value is -1.92. The Morgan fingerprint density at radius 1 is 1.16 bits per heavy atom. The van der Waals surface area contributed by atoms with E-state index in [2.05, 4.69) is 51.1 Å². The summed E-state index contributed by atoms with van der Waals surface area (Å²) in [7, 11) is 3.88. The summed E-state index contributed by atoms with van der Waals surface area (Å²) in [4.78, 5) is 9.62. The van der Waals surface area contributed by atoms with Gasteiger partial charge in [0.15, 0.2) is 5.82 Å². The van der Waals surface area contributed by atoms with Crippen molar-refractivity contribution in [2.75, 3.05) is 40.3 Å². The van der Waals surface area contributed by atoms with Crippen molar-refractivity contribution in [3.63, 3.8) is 0 Å². The van der Waals surface area contributed by atoms with E-state index in [-0.39, 0.29) is 0 Å². The third-order valence-corrected chi connectivity index (χ3v) is 5.06. The maximum Gasteiger partial charge on any atom is 0.150 e. The molecule has 0 radical (unpaired) electrons. The normalized spacial score (nSPS) is 17.6. The Morgan fingerprint density at radius 3 is 2.56 bits per heavy atom. The second-order valence-electron chi connectivity index (χ2n) is 6.95. The summed E-state index contributed by atoms with van der Waals surface area (Å²) < 4.78 is 5.19. The van der Waals surface area contributed by atoms with Gasteiger partial charge in [-0.1, -0.05) is 12.1 Å². The molecule has 0 saturated carbocycles. The molecule has 1 aliphatic rings. The van der Waals surface area contributed by atoms with Gasteiger partial charge in [0.1, 0.15) is 11.6 Å². The van der Waals surface area contributed by atoms with Gasteiger partial charge in [-0.2, -0.15) is 5.10 Å². The molecule has 0 bridgehead atoms. The Labute approximate surface area is 150 Å². The van der Waals surface area contributed by atoms with Gasteiger partial charge in [-0.15, -0.1) is 0 Å². The predicted octanol–water partition coefficient (Wildman–Crippen LogP) is 1.97. The largest absolute Gasteiger partial charge is 0.497 e. The fraction of sp³-hybridized carbons (Fsp3) is 0.579. The lowest BCUT2D eigenvalue weighted by Gasteiger charge is -2.36. The number of hydrogen-bond acceptors (Lipinski definition) is 5. The highest BCUT2D eigenvalue weighted by atomic mass is 16.5. The van der Waals surface area contributed by atoms with E-state index in [4.69, 9.17) is 4.74 Å². The molecule has 1 unspecified atom stereocenters. The Morgan fingerprint density at radius 2 is 1.88 bits per heavy atom. The van der Waals surface area contributed by atoms with E-state index in [0.717, 1.165) is 62.8 Å². The molecule has 1 saturated heterocycles. The first kappa shape index (κ1) is 17.9. The van der Waals surface area contributed by atoms with Crippen molar-refractivity contribution in [3.05, 3.63) is 41.5 Å². The second kappa shape index (κ2) is 8.45. The van der Waals surface area contributed by atoms with Crippen molar-refractivity contribution in [1.29, 1.82) is 0 Å². The van der Waals surface area contributed by atoms with Crippen molar-refractivity contribution in [2.24, 2.45) is 0 Å². The molecule has 1 atom stereocenters. The number of nitrogens with one attached hydrogen (secondary N) is 1. The van der Waals surface area contributed by atoms with Crippen LogP contribution in [-0.4, -0.2) is 71.4 Å². The summed E-state index contributed by atoms with van der Waals surface area (Å²) in [5.74, 6) is 2.72. The first-order valence-corrected chi connectivity index (χ1v) is 9.09. The number of likely N-dealkylation sites (N-methyl/N-ethyl adjacent to an activating group) is 1. The van der Waals surface area contributed by atoms with Crippen LogP contribution in [-0.2, 0) is 12.8 Å². The summed E-state index contributed by atoms with van der Waals surface area (Å²) in [6.45, 7) is 6.97. The van der Waals surface area contributed by atoms with E-state index in [1.54, 1.807) is 7.11 Å². The summed E-state index contributed by atoms with van der Waals surface area (Å²) >= 11 is 0. The van der Waals surface area contributed by atoms with Crippen LogP contribution in [0, 0.1) is 0 Å². The van der Waals surface area contributed by atoms with Crippen molar-refractivity contribution in [3.8, 4) is 5.75 Å². The third-order valence-electron chi connectivity index (χ3n) is 5.06. The van der Waals surface area contributed by atoms with Gasteiger partial charge in [-0.25, -0.2) is 4.98 Å². The van der Waals surface area contributed by atoms with Gasteiger partial charge in [0, 0.05) is 45.1 Å². The van der Waals surface area contributed by atoms with Crippen LogP contribution in [0.3, 0.4) is 0 Å². The van der Waals surface area contributed by atoms with Gasteiger partial charge < -0.3 is 9.64 Å². The highest BCUT2D eigenvalue weighted by Crippen LogP contribution is 2.14. The lowest BCUT2D eigenvalue weighted by Crippen LogP contribution is -2.48. The van der Waals surface area contributed by atoms with Crippen LogP contribution >= 0.6 is 0 Å². The van der Waals surface area contributed by atoms with Crippen molar-refractivity contribution in [1.82, 2.24) is 25.0 Å². The average Bonchev–Trinajstić information content (AvgIpc) is 3.08. The zero-order valence-electron chi connectivity index (χ0n) is 15.5. The van der Waals surface area contributed by atoms with Crippen LogP contribution in [0.1, 0.15) is 30.6 Å². The number of methoxy groups -OCH3 is 1. The third kappa shape index (κ3) is 5.03. The molecule has 6 nitrogen and oxygen atoms in total. The van der Waals surface area contributed by atoms with Crippen LogP contribution < -0.4 is 4.74 Å². The molecule has 3 rings (SSSR count). The predicted molar refractivity (Wildman–Crippen MR) is 99.0 cm³/mol. The molecule has 0 spiro atoms. The first-order chi connectivity index (χ1) is 12.1. The zero-order valence-corrected chi connectivity index (χ0v) is 15.5. The minimum Gasteiger partial charge on any atom is -0.497 e. The van der Waals surface area contributed by atoms with Gasteiger partial charge in [0.25, 0.3) is 0 Å². The number of hydrogen-bond donors (Lipinski definition) is 1. The lowest BCUT2D eigenvalue weighted by molar-refractivity contribution is 0.114. The fourth-order valence-electron chi connectivity index (χ4n) is 3.25. The molecule has 1 aliphatic heterocycles. The smallest absolute Gasteiger partial charge is 0.150 e. The van der Waals surface area contributed by atoms with Gasteiger partial charge in [-0.05, 0) is 38.1 Å².